The summed E-state index contributed by atoms with van der Waals surface area (Å²) < 4.78 is 0. The Kier molecular flexibility index (Phi) is 12.8. The summed E-state index contributed by atoms with van der Waals surface area (Å²) in [6.07, 6.45) is 15.8. The second kappa shape index (κ2) is 16.7. The predicted octanol–water partition coefficient (Wildman–Crippen LogP) is 3.24. The first kappa shape index (κ1) is 33.7. The van der Waals surface area contributed by atoms with Gasteiger partial charge in [-0.2, -0.15) is 5.06 Å². The molecule has 0 spiro atoms. The van der Waals surface area contributed by atoms with Crippen molar-refractivity contribution in [1.82, 2.24) is 20.6 Å². The zero-order valence-corrected chi connectivity index (χ0v) is 27.1. The number of amides is 2. The molecule has 0 bridgehead atoms. The van der Waals surface area contributed by atoms with Gasteiger partial charge in [-0.15, -0.1) is 0 Å². The van der Waals surface area contributed by atoms with Crippen LogP contribution in [0.2, 0.25) is 0 Å². The molecule has 44 heavy (non-hydrogen) atoms. The van der Waals surface area contributed by atoms with Crippen molar-refractivity contribution in [3.8, 4) is 11.8 Å². The van der Waals surface area contributed by atoms with Crippen molar-refractivity contribution >= 4 is 11.8 Å². The van der Waals surface area contributed by atoms with Gasteiger partial charge in [0.15, 0.2) is 0 Å². The van der Waals surface area contributed by atoms with Crippen molar-refractivity contribution in [2.45, 2.75) is 128 Å². The monoisotopic (exact) mass is 614 g/mol. The number of hydrogen-bond acceptors (Lipinski definition) is 7. The molecule has 0 aromatic carbocycles. The van der Waals surface area contributed by atoms with Gasteiger partial charge < -0.3 is 25.7 Å². The summed E-state index contributed by atoms with van der Waals surface area (Å²) in [7, 11) is 0. The molecule has 3 saturated carbocycles. The molecule has 9 heteroatoms. The van der Waals surface area contributed by atoms with Crippen LogP contribution in [-0.4, -0.2) is 95.6 Å². The molecule has 2 heterocycles. The van der Waals surface area contributed by atoms with Gasteiger partial charge >= 0.3 is 0 Å². The van der Waals surface area contributed by atoms with Gasteiger partial charge in [0.25, 0.3) is 0 Å². The van der Waals surface area contributed by atoms with Crippen molar-refractivity contribution < 1.29 is 24.6 Å². The van der Waals surface area contributed by atoms with Crippen molar-refractivity contribution in [2.24, 2.45) is 29.6 Å². The van der Waals surface area contributed by atoms with Crippen molar-refractivity contribution in [2.75, 3.05) is 39.3 Å². The lowest BCUT2D eigenvalue weighted by molar-refractivity contribution is -0.183. The minimum Gasteiger partial charge on any atom is -0.394 e. The van der Waals surface area contributed by atoms with Gasteiger partial charge in [0.2, 0.25) is 11.8 Å². The Balaban J connectivity index is 1.13. The van der Waals surface area contributed by atoms with Gasteiger partial charge in [0, 0.05) is 50.0 Å². The van der Waals surface area contributed by atoms with Crippen molar-refractivity contribution in [3.05, 3.63) is 0 Å². The highest BCUT2D eigenvalue weighted by Crippen LogP contribution is 2.36. The van der Waals surface area contributed by atoms with Crippen LogP contribution in [0, 0.1) is 41.4 Å². The largest absolute Gasteiger partial charge is 0.394 e. The number of aliphatic hydroxyl groups excluding tert-OH is 2. The Morgan fingerprint density at radius 2 is 1.64 bits per heavy atom. The van der Waals surface area contributed by atoms with Gasteiger partial charge in [-0.1, -0.05) is 56.8 Å². The number of carbonyl (C=O) groups excluding carboxylic acids is 2. The fourth-order valence-electron chi connectivity index (χ4n) is 8.71. The summed E-state index contributed by atoms with van der Waals surface area (Å²) in [4.78, 5) is 35.0. The number of likely N-dealkylation sites (tertiary alicyclic amines) is 1. The summed E-state index contributed by atoms with van der Waals surface area (Å²) in [5.74, 6) is 7.67. The Morgan fingerprint density at radius 3 is 2.36 bits per heavy atom. The van der Waals surface area contributed by atoms with E-state index in [1.807, 2.05) is 0 Å². The van der Waals surface area contributed by atoms with Gasteiger partial charge in [-0.05, 0) is 70.1 Å². The number of nitrogens with zero attached hydrogens (tertiary/aromatic N) is 2. The van der Waals surface area contributed by atoms with Gasteiger partial charge in [-0.25, -0.2) is 0 Å². The number of hydrogen-bond donors (Lipinski definition) is 4. The van der Waals surface area contributed by atoms with Crippen LogP contribution in [0.5, 0.6) is 0 Å². The Morgan fingerprint density at radius 1 is 0.909 bits per heavy atom. The van der Waals surface area contributed by atoms with Crippen LogP contribution in [0.15, 0.2) is 0 Å². The third kappa shape index (κ3) is 9.19. The molecule has 0 radical (unpaired) electrons. The minimum atomic E-state index is -0.784. The first-order valence-corrected chi connectivity index (χ1v) is 17.9. The SMILES string of the molecule is C[C@@H](O)[C@H]1[C@@H](CO)ON(CC2CCCC(C#CCNC(=O)C3CCCCC3)C2)[C@H]1C(=O)N[C@@H]1CCN(CC2CCCCC2)C1. The highest BCUT2D eigenvalue weighted by atomic mass is 16.7. The average molecular weight is 615 g/mol. The first-order valence-electron chi connectivity index (χ1n) is 17.9. The number of carbonyl (C=O) groups is 2. The number of hydroxylamine groups is 2. The van der Waals surface area contributed by atoms with E-state index in [-0.39, 0.29) is 36.3 Å². The second-order valence-electron chi connectivity index (χ2n) is 14.6. The molecule has 5 aliphatic rings. The Bertz CT molecular complexity index is 985. The van der Waals surface area contributed by atoms with Crippen LogP contribution in [0.3, 0.4) is 0 Å². The van der Waals surface area contributed by atoms with Gasteiger partial charge in [0.1, 0.15) is 12.1 Å². The van der Waals surface area contributed by atoms with E-state index < -0.39 is 24.2 Å². The second-order valence-corrected chi connectivity index (χ2v) is 14.6. The quantitative estimate of drug-likeness (QED) is 0.280. The Labute approximate surface area is 265 Å². The molecule has 2 aliphatic heterocycles. The summed E-state index contributed by atoms with van der Waals surface area (Å²) >= 11 is 0. The lowest BCUT2D eigenvalue weighted by Crippen LogP contribution is -2.53. The van der Waals surface area contributed by atoms with E-state index in [0.29, 0.717) is 19.0 Å². The molecule has 5 rings (SSSR count). The van der Waals surface area contributed by atoms with E-state index in [1.54, 1.807) is 12.0 Å². The van der Waals surface area contributed by atoms with Gasteiger partial charge in [0.05, 0.1) is 19.3 Å². The van der Waals surface area contributed by atoms with Crippen molar-refractivity contribution in [3.63, 3.8) is 0 Å². The summed E-state index contributed by atoms with van der Waals surface area (Å²) in [5.41, 5.74) is 0. The third-order valence-corrected chi connectivity index (χ3v) is 11.1. The maximum Gasteiger partial charge on any atom is 0.240 e. The van der Waals surface area contributed by atoms with E-state index in [9.17, 15) is 19.8 Å². The zero-order valence-electron chi connectivity index (χ0n) is 27.1. The summed E-state index contributed by atoms with van der Waals surface area (Å²) in [5, 5.41) is 28.9. The van der Waals surface area contributed by atoms with Crippen LogP contribution in [0.1, 0.15) is 103 Å². The predicted molar refractivity (Wildman–Crippen MR) is 170 cm³/mol. The maximum absolute atomic E-state index is 13.8. The fourth-order valence-corrected chi connectivity index (χ4v) is 8.71. The highest BCUT2D eigenvalue weighted by molar-refractivity contribution is 5.82. The van der Waals surface area contributed by atoms with E-state index in [4.69, 9.17) is 4.84 Å². The standard InChI is InChI=1S/C35H58N4O5/c1-25(41)32-31(24-40)44-39(33(32)35(43)37-30-17-19-38(23-30)21-27-10-4-2-5-11-27)22-28-13-8-12-26(20-28)14-9-18-36-34(42)29-15-6-3-7-16-29/h25-33,40-41H,2-8,10-13,15-24H2,1H3,(H,36,42)(H,37,43)/t25-,26?,28?,30-,31-,32+,33-/m1/s1. The molecule has 0 aromatic heterocycles. The highest BCUT2D eigenvalue weighted by Gasteiger charge is 2.50. The zero-order chi connectivity index (χ0) is 30.9. The molecule has 2 saturated heterocycles. The summed E-state index contributed by atoms with van der Waals surface area (Å²) in [6.45, 7) is 5.46. The van der Waals surface area contributed by atoms with Crippen LogP contribution < -0.4 is 10.6 Å². The lowest BCUT2D eigenvalue weighted by atomic mass is 9.81. The topological polar surface area (TPSA) is 114 Å². The Hall–Kier alpha value is -1.70. The van der Waals surface area contributed by atoms with Crippen LogP contribution in [0.25, 0.3) is 0 Å². The normalized spacial score (nSPS) is 33.4. The molecular formula is C35H58N4O5. The van der Waals surface area contributed by atoms with E-state index in [1.165, 1.54) is 38.5 Å². The number of aliphatic hydroxyl groups is 2. The molecule has 4 N–H and O–H groups in total. The molecule has 7 atom stereocenters. The fraction of sp³-hybridized carbons (Fsp3) is 0.886. The smallest absolute Gasteiger partial charge is 0.240 e. The first-order chi connectivity index (χ1) is 21.4. The average Bonchev–Trinajstić information content (AvgIpc) is 3.64. The van der Waals surface area contributed by atoms with E-state index in [2.05, 4.69) is 27.4 Å². The molecule has 2 amide bonds. The number of nitrogens with one attached hydrogen (secondary N) is 2. The molecular weight excluding hydrogens is 556 g/mol. The molecule has 9 nitrogen and oxygen atoms in total. The third-order valence-electron chi connectivity index (χ3n) is 11.1. The molecule has 2 unspecified atom stereocenters. The summed E-state index contributed by atoms with van der Waals surface area (Å²) in [6, 6.07) is -0.537. The maximum atomic E-state index is 13.8. The molecule has 0 aromatic rings. The molecule has 5 fully saturated rings. The number of rotatable bonds is 10. The van der Waals surface area contributed by atoms with Crippen LogP contribution in [0.4, 0.5) is 0 Å². The van der Waals surface area contributed by atoms with Crippen molar-refractivity contribution in [1.29, 1.82) is 0 Å². The van der Waals surface area contributed by atoms with E-state index >= 15 is 0 Å². The van der Waals surface area contributed by atoms with Crippen LogP contribution >= 0.6 is 0 Å². The van der Waals surface area contributed by atoms with E-state index in [0.717, 1.165) is 83.3 Å². The molecule has 248 valence electrons. The minimum absolute atomic E-state index is 0.0998. The van der Waals surface area contributed by atoms with Crippen LogP contribution in [-0.2, 0) is 14.4 Å². The lowest BCUT2D eigenvalue weighted by Gasteiger charge is -2.32. The molecule has 3 aliphatic carbocycles. The van der Waals surface area contributed by atoms with Gasteiger partial charge in [-0.3, -0.25) is 14.4 Å².